The summed E-state index contributed by atoms with van der Waals surface area (Å²) in [5, 5.41) is 5.28. The van der Waals surface area contributed by atoms with Crippen molar-refractivity contribution in [1.29, 1.82) is 0 Å². The fourth-order valence-electron chi connectivity index (χ4n) is 2.74. The molecule has 152 valence electrons. The molecule has 0 spiro atoms. The molecule has 0 radical (unpaired) electrons. The summed E-state index contributed by atoms with van der Waals surface area (Å²) in [6, 6.07) is 21.7. The molecule has 1 saturated heterocycles. The van der Waals surface area contributed by atoms with Gasteiger partial charge in [-0.2, -0.15) is 0 Å². The second-order valence-corrected chi connectivity index (χ2v) is 35.4. The topological polar surface area (TPSA) is 18.5 Å². The molecule has 0 N–H and O–H groups in total. The van der Waals surface area contributed by atoms with Gasteiger partial charge in [0, 0.05) is 0 Å². The van der Waals surface area contributed by atoms with Gasteiger partial charge in [0.1, 0.15) is 0 Å². The first-order chi connectivity index (χ1) is 13.6. The SMILES string of the molecule is [Se]=[P@]1(c2ccccc2)OCCCC[Se][P@](=[Se])(c2ccccc2)OCCCC[Se]1. The van der Waals surface area contributed by atoms with Crippen LogP contribution in [-0.4, -0.2) is 72.4 Å². The molecule has 0 unspecified atom stereocenters. The zero-order valence-corrected chi connectivity index (χ0v) is 24.4. The van der Waals surface area contributed by atoms with Crippen molar-refractivity contribution in [3.05, 3.63) is 60.7 Å². The van der Waals surface area contributed by atoms with Crippen molar-refractivity contribution in [3.8, 4) is 0 Å². The van der Waals surface area contributed by atoms with Crippen LogP contribution in [0.5, 0.6) is 0 Å². The molecule has 8 heteroatoms. The summed E-state index contributed by atoms with van der Waals surface area (Å²) < 4.78 is 9.99. The van der Waals surface area contributed by atoms with Crippen LogP contribution in [0, 0.1) is 0 Å². The van der Waals surface area contributed by atoms with Gasteiger partial charge in [-0.3, -0.25) is 0 Å². The zero-order valence-electron chi connectivity index (χ0n) is 15.8. The van der Waals surface area contributed by atoms with Crippen molar-refractivity contribution in [1.82, 2.24) is 0 Å². The maximum atomic E-state index is 6.56. The Morgan fingerprint density at radius 2 is 1.00 bits per heavy atom. The molecular weight excluding hydrogens is 650 g/mol. The van der Waals surface area contributed by atoms with Gasteiger partial charge in [0.2, 0.25) is 0 Å². The Balaban J connectivity index is 1.65. The van der Waals surface area contributed by atoms with Crippen LogP contribution in [0.2, 0.25) is 10.6 Å². The van der Waals surface area contributed by atoms with Crippen molar-refractivity contribution >= 4 is 78.7 Å². The van der Waals surface area contributed by atoms with Crippen LogP contribution in [0.25, 0.3) is 0 Å². The van der Waals surface area contributed by atoms with Gasteiger partial charge in [-0.05, 0) is 0 Å². The van der Waals surface area contributed by atoms with E-state index in [1.54, 1.807) is 0 Å². The van der Waals surface area contributed by atoms with Gasteiger partial charge in [-0.1, -0.05) is 0 Å². The molecule has 0 saturated carbocycles. The summed E-state index contributed by atoms with van der Waals surface area (Å²) in [4.78, 5) is 0. The predicted octanol–water partition coefficient (Wildman–Crippen LogP) is 4.35. The first-order valence-corrected chi connectivity index (χ1v) is 24.2. The molecule has 1 heterocycles. The summed E-state index contributed by atoms with van der Waals surface area (Å²) in [6.07, 6.45) is 4.73. The van der Waals surface area contributed by atoms with Gasteiger partial charge in [0.15, 0.2) is 0 Å². The number of hydrogen-bond acceptors (Lipinski definition) is 2. The third kappa shape index (κ3) is 7.17. The van der Waals surface area contributed by atoms with Crippen LogP contribution < -0.4 is 10.6 Å². The van der Waals surface area contributed by atoms with Gasteiger partial charge in [0.25, 0.3) is 0 Å². The molecule has 0 bridgehead atoms. The van der Waals surface area contributed by atoms with Crippen molar-refractivity contribution in [2.45, 2.75) is 36.3 Å². The molecule has 3 rings (SSSR count). The molecule has 28 heavy (non-hydrogen) atoms. The first-order valence-electron chi connectivity index (χ1n) is 9.52. The number of benzene rings is 2. The van der Waals surface area contributed by atoms with Crippen molar-refractivity contribution in [2.24, 2.45) is 0 Å². The monoisotopic (exact) mass is 680 g/mol. The van der Waals surface area contributed by atoms with Crippen molar-refractivity contribution in [2.75, 3.05) is 13.2 Å². The van der Waals surface area contributed by atoms with E-state index in [1.807, 2.05) is 0 Å². The van der Waals surface area contributed by atoms with Crippen LogP contribution in [0.1, 0.15) is 25.7 Å². The molecule has 2 aromatic rings. The van der Waals surface area contributed by atoms with Gasteiger partial charge in [-0.25, -0.2) is 0 Å². The van der Waals surface area contributed by atoms with Crippen LogP contribution in [0.3, 0.4) is 0 Å². The van der Waals surface area contributed by atoms with E-state index in [-0.39, 0.29) is 0 Å². The Morgan fingerprint density at radius 1 is 0.607 bits per heavy atom. The van der Waals surface area contributed by atoms with Gasteiger partial charge >= 0.3 is 198 Å². The molecular formula is C20H26O2P2Se4. The molecule has 1 fully saturated rings. The molecule has 2 atom stereocenters. The number of hydrogen-bond donors (Lipinski definition) is 0. The Bertz CT molecular complexity index is 724. The molecule has 2 nitrogen and oxygen atoms in total. The summed E-state index contributed by atoms with van der Waals surface area (Å²) >= 11 is 7.98. The Hall–Kier alpha value is 1.30. The van der Waals surface area contributed by atoms with E-state index >= 15 is 0 Å². The maximum absolute atomic E-state index is 6.56. The summed E-state index contributed by atoms with van der Waals surface area (Å²) in [5.74, 6) is 0. The molecule has 1 aliphatic heterocycles. The molecule has 0 aliphatic carbocycles. The normalized spacial score (nSPS) is 28.3. The fraction of sp³-hybridized carbons (Fsp3) is 0.400. The Labute approximate surface area is 196 Å². The first kappa shape index (κ1) is 24.0. The summed E-state index contributed by atoms with van der Waals surface area (Å²) in [6.45, 7) is 1.75. The second kappa shape index (κ2) is 12.4. The standard InChI is InChI=1S/C20H26O2P2Se4/c25-23(19-11-3-1-4-12-19)21-15-7-10-18-28-24(26,20-13-5-2-6-14-20)22-16-8-9-17-27-23/h1-6,11-14H,7-10,15-18H2/t23-,24+. The molecule has 0 amide bonds. The Kier molecular flexibility index (Phi) is 10.6. The van der Waals surface area contributed by atoms with E-state index in [1.165, 1.54) is 34.1 Å². The average molecular weight is 676 g/mol. The summed E-state index contributed by atoms with van der Waals surface area (Å²) in [5.41, 5.74) is 0. The Morgan fingerprint density at radius 3 is 1.39 bits per heavy atom. The second-order valence-electron chi connectivity index (χ2n) is 6.41. The predicted molar refractivity (Wildman–Crippen MR) is 129 cm³/mol. The van der Waals surface area contributed by atoms with Gasteiger partial charge < -0.3 is 0 Å². The molecule has 1 aliphatic rings. The van der Waals surface area contributed by atoms with Gasteiger partial charge in [-0.15, -0.1) is 0 Å². The van der Waals surface area contributed by atoms with Crippen LogP contribution in [0.4, 0.5) is 0 Å². The fourth-order valence-corrected chi connectivity index (χ4v) is 24.2. The van der Waals surface area contributed by atoms with Crippen LogP contribution in [0.15, 0.2) is 60.7 Å². The van der Waals surface area contributed by atoms with E-state index in [4.69, 9.17) is 9.05 Å². The third-order valence-electron chi connectivity index (χ3n) is 4.27. The number of rotatable bonds is 2. The van der Waals surface area contributed by atoms with E-state index < -0.39 is 8.85 Å². The van der Waals surface area contributed by atoms with E-state index in [2.05, 4.69) is 90.9 Å². The minimum absolute atomic E-state index is 0.479. The van der Waals surface area contributed by atoms with E-state index in [0.29, 0.717) is 29.0 Å². The quantitative estimate of drug-likeness (QED) is 0.349. The van der Waals surface area contributed by atoms with Crippen LogP contribution in [-0.2, 0) is 9.05 Å². The zero-order chi connectivity index (χ0) is 19.7. The van der Waals surface area contributed by atoms with E-state index in [9.17, 15) is 0 Å². The van der Waals surface area contributed by atoms with Crippen molar-refractivity contribution in [3.63, 3.8) is 0 Å². The van der Waals surface area contributed by atoms with Crippen molar-refractivity contribution < 1.29 is 9.05 Å². The summed E-state index contributed by atoms with van der Waals surface area (Å²) in [7, 11) is 0. The molecule has 2 aromatic carbocycles. The molecule has 0 aromatic heterocycles. The minimum atomic E-state index is -1.56. The average Bonchev–Trinajstić information content (AvgIpc) is 2.74. The van der Waals surface area contributed by atoms with E-state index in [0.717, 1.165) is 26.1 Å². The van der Waals surface area contributed by atoms with Gasteiger partial charge in [0.05, 0.1) is 0 Å². The third-order valence-corrected chi connectivity index (χ3v) is 30.9. The van der Waals surface area contributed by atoms with Crippen LogP contribution >= 0.6 is 8.85 Å².